The van der Waals surface area contributed by atoms with Gasteiger partial charge in [-0.2, -0.15) is 5.26 Å². The highest BCUT2D eigenvalue weighted by atomic mass is 32.1. The summed E-state index contributed by atoms with van der Waals surface area (Å²) in [5.74, 6) is 0.896. The maximum atomic E-state index is 12.5. The van der Waals surface area contributed by atoms with Crippen LogP contribution in [0.2, 0.25) is 0 Å². The average Bonchev–Trinajstić information content (AvgIpc) is 3.26. The lowest BCUT2D eigenvalue weighted by molar-refractivity contribution is -0.112. The summed E-state index contributed by atoms with van der Waals surface area (Å²) in [6.45, 7) is 5.78. The van der Waals surface area contributed by atoms with Gasteiger partial charge < -0.3 is 14.0 Å². The molecule has 0 aliphatic carbocycles. The highest BCUT2D eigenvalue weighted by molar-refractivity contribution is 7.15. The number of nitrogens with zero attached hydrogens (tertiary/aromatic N) is 3. The Hall–Kier alpha value is -3.57. The fraction of sp³-hybridized carbons (Fsp3) is 0.227. The van der Waals surface area contributed by atoms with E-state index < -0.39 is 5.91 Å². The minimum absolute atomic E-state index is 0.000658. The number of hydrogen-bond acceptors (Lipinski definition) is 6. The fourth-order valence-electron chi connectivity index (χ4n) is 3.16. The number of thiazole rings is 1. The van der Waals surface area contributed by atoms with Gasteiger partial charge >= 0.3 is 0 Å². The van der Waals surface area contributed by atoms with Crippen molar-refractivity contribution < 1.29 is 14.3 Å². The maximum absolute atomic E-state index is 12.5. The SMILES string of the molecule is COc1ccc(OC)c(-n2c(C)cc(C=C(C#N)C(=O)Nc3ncc(C)s3)c2C)c1. The van der Waals surface area contributed by atoms with Gasteiger partial charge in [-0.05, 0) is 50.6 Å². The van der Waals surface area contributed by atoms with Crippen LogP contribution in [-0.4, -0.2) is 29.7 Å². The van der Waals surface area contributed by atoms with Crippen LogP contribution in [0.25, 0.3) is 11.8 Å². The number of aryl methyl sites for hydroxylation is 2. The second-order valence-corrected chi connectivity index (χ2v) is 7.83. The van der Waals surface area contributed by atoms with Crippen molar-refractivity contribution in [3.05, 3.63) is 57.9 Å². The lowest BCUT2D eigenvalue weighted by Crippen LogP contribution is -2.13. The molecule has 7 nitrogen and oxygen atoms in total. The molecule has 154 valence electrons. The number of carbonyl (C=O) groups is 1. The first-order valence-electron chi connectivity index (χ1n) is 9.14. The first kappa shape index (κ1) is 21.1. The molecular weight excluding hydrogens is 400 g/mol. The molecule has 0 saturated carbocycles. The van der Waals surface area contributed by atoms with Gasteiger partial charge in [0.1, 0.15) is 23.1 Å². The molecule has 2 aromatic heterocycles. The molecule has 1 amide bonds. The normalized spacial score (nSPS) is 11.1. The highest BCUT2D eigenvalue weighted by Crippen LogP contribution is 2.32. The number of methoxy groups -OCH3 is 2. The van der Waals surface area contributed by atoms with Gasteiger partial charge in [-0.15, -0.1) is 11.3 Å². The third kappa shape index (κ3) is 4.21. The van der Waals surface area contributed by atoms with Gasteiger partial charge in [0.25, 0.3) is 5.91 Å². The summed E-state index contributed by atoms with van der Waals surface area (Å²) < 4.78 is 12.9. The molecule has 0 fully saturated rings. The van der Waals surface area contributed by atoms with Crippen LogP contribution in [0.4, 0.5) is 5.13 Å². The Labute approximate surface area is 179 Å². The average molecular weight is 423 g/mol. The monoisotopic (exact) mass is 422 g/mol. The van der Waals surface area contributed by atoms with Gasteiger partial charge in [0.15, 0.2) is 5.13 Å². The van der Waals surface area contributed by atoms with Crippen LogP contribution in [0.3, 0.4) is 0 Å². The van der Waals surface area contributed by atoms with Gasteiger partial charge in [0.2, 0.25) is 0 Å². The Morgan fingerprint density at radius 2 is 2.00 bits per heavy atom. The lowest BCUT2D eigenvalue weighted by atomic mass is 10.1. The Balaban J connectivity index is 2.00. The van der Waals surface area contributed by atoms with Crippen molar-refractivity contribution in [2.24, 2.45) is 0 Å². The Kier molecular flexibility index (Phi) is 6.23. The van der Waals surface area contributed by atoms with Crippen molar-refractivity contribution in [2.45, 2.75) is 20.8 Å². The molecule has 8 heteroatoms. The van der Waals surface area contributed by atoms with Gasteiger partial charge in [0.05, 0.1) is 19.9 Å². The molecule has 0 aliphatic rings. The van der Waals surface area contributed by atoms with Crippen molar-refractivity contribution in [1.29, 1.82) is 5.26 Å². The summed E-state index contributed by atoms with van der Waals surface area (Å²) >= 11 is 1.36. The van der Waals surface area contributed by atoms with E-state index in [2.05, 4.69) is 10.3 Å². The standard InChI is InChI=1S/C22H22N4O3S/c1-13-8-16(9-17(11-23)21(27)25-22-24-12-14(2)30-22)15(3)26(13)19-10-18(28-4)6-7-20(19)29-5/h6-10,12H,1-5H3,(H,24,25,27). The number of aromatic nitrogens is 2. The smallest absolute Gasteiger partial charge is 0.268 e. The van der Waals surface area contributed by atoms with Gasteiger partial charge in [-0.3, -0.25) is 10.1 Å². The van der Waals surface area contributed by atoms with E-state index in [1.807, 2.05) is 55.7 Å². The van der Waals surface area contributed by atoms with E-state index in [9.17, 15) is 10.1 Å². The van der Waals surface area contributed by atoms with Crippen molar-refractivity contribution >= 4 is 28.5 Å². The molecule has 1 N–H and O–H groups in total. The zero-order valence-corrected chi connectivity index (χ0v) is 18.3. The molecule has 0 aliphatic heterocycles. The molecule has 0 radical (unpaired) electrons. The van der Waals surface area contributed by atoms with Crippen LogP contribution in [0.15, 0.2) is 36.0 Å². The van der Waals surface area contributed by atoms with E-state index >= 15 is 0 Å². The summed E-state index contributed by atoms with van der Waals surface area (Å²) in [5.41, 5.74) is 3.37. The van der Waals surface area contributed by atoms with Crippen molar-refractivity contribution in [1.82, 2.24) is 9.55 Å². The first-order valence-corrected chi connectivity index (χ1v) is 9.96. The second kappa shape index (κ2) is 8.84. The van der Waals surface area contributed by atoms with Crippen LogP contribution >= 0.6 is 11.3 Å². The van der Waals surface area contributed by atoms with E-state index in [1.54, 1.807) is 26.5 Å². The van der Waals surface area contributed by atoms with Crippen LogP contribution in [-0.2, 0) is 4.79 Å². The predicted octanol–water partition coefficient (Wildman–Crippen LogP) is 4.42. The zero-order valence-electron chi connectivity index (χ0n) is 17.4. The van der Waals surface area contributed by atoms with Crippen LogP contribution in [0.1, 0.15) is 21.8 Å². The molecule has 0 saturated heterocycles. The molecular formula is C22H22N4O3S. The minimum atomic E-state index is -0.490. The van der Waals surface area contributed by atoms with Crippen LogP contribution in [0.5, 0.6) is 11.5 Å². The molecule has 0 bridgehead atoms. The summed E-state index contributed by atoms with van der Waals surface area (Å²) in [7, 11) is 3.22. The zero-order chi connectivity index (χ0) is 21.8. The van der Waals surface area contributed by atoms with Crippen LogP contribution < -0.4 is 14.8 Å². The summed E-state index contributed by atoms with van der Waals surface area (Å²) in [4.78, 5) is 17.6. The highest BCUT2D eigenvalue weighted by Gasteiger charge is 2.17. The Bertz CT molecular complexity index is 1170. The van der Waals surface area contributed by atoms with Gasteiger partial charge in [-0.25, -0.2) is 4.98 Å². The molecule has 0 unspecified atom stereocenters. The van der Waals surface area contributed by atoms with E-state index in [-0.39, 0.29) is 5.57 Å². The number of nitriles is 1. The number of benzene rings is 1. The van der Waals surface area contributed by atoms with E-state index in [4.69, 9.17) is 9.47 Å². The van der Waals surface area contributed by atoms with Crippen molar-refractivity contribution in [2.75, 3.05) is 19.5 Å². The summed E-state index contributed by atoms with van der Waals surface area (Å²) in [5, 5.41) is 12.7. The fourth-order valence-corrected chi connectivity index (χ4v) is 3.82. The predicted molar refractivity (Wildman–Crippen MR) is 117 cm³/mol. The number of amides is 1. The minimum Gasteiger partial charge on any atom is -0.497 e. The Morgan fingerprint density at radius 1 is 1.23 bits per heavy atom. The van der Waals surface area contributed by atoms with E-state index in [0.29, 0.717) is 16.6 Å². The molecule has 1 aromatic carbocycles. The van der Waals surface area contributed by atoms with Gasteiger partial charge in [-0.1, -0.05) is 0 Å². The number of carbonyl (C=O) groups excluding carboxylic acids is 1. The van der Waals surface area contributed by atoms with Crippen molar-refractivity contribution in [3.8, 4) is 23.3 Å². The largest absolute Gasteiger partial charge is 0.497 e. The molecule has 30 heavy (non-hydrogen) atoms. The third-order valence-electron chi connectivity index (χ3n) is 4.60. The molecule has 0 atom stereocenters. The number of nitrogens with one attached hydrogen (secondary N) is 1. The lowest BCUT2D eigenvalue weighted by Gasteiger charge is -2.15. The van der Waals surface area contributed by atoms with Crippen LogP contribution in [0, 0.1) is 32.1 Å². The summed E-state index contributed by atoms with van der Waals surface area (Å²) in [6.07, 6.45) is 3.26. The number of rotatable bonds is 6. The topological polar surface area (TPSA) is 89.2 Å². The molecule has 3 aromatic rings. The van der Waals surface area contributed by atoms with E-state index in [0.717, 1.165) is 27.5 Å². The number of hydrogen-bond donors (Lipinski definition) is 1. The maximum Gasteiger partial charge on any atom is 0.268 e. The number of anilines is 1. The van der Waals surface area contributed by atoms with Gasteiger partial charge in [0, 0.05) is 28.5 Å². The number of ether oxygens (including phenoxy) is 2. The molecule has 0 spiro atoms. The first-order chi connectivity index (χ1) is 14.4. The van der Waals surface area contributed by atoms with Crippen molar-refractivity contribution in [3.63, 3.8) is 0 Å². The third-order valence-corrected chi connectivity index (χ3v) is 5.43. The summed E-state index contributed by atoms with van der Waals surface area (Å²) in [6, 6.07) is 9.46. The molecule has 2 heterocycles. The second-order valence-electron chi connectivity index (χ2n) is 6.60. The van der Waals surface area contributed by atoms with E-state index in [1.165, 1.54) is 11.3 Å². The Morgan fingerprint density at radius 3 is 2.60 bits per heavy atom. The quantitative estimate of drug-likeness (QED) is 0.469. The molecule has 3 rings (SSSR count).